The molecule has 1 aliphatic carbocycles. The van der Waals surface area contributed by atoms with Crippen LogP contribution in [0.15, 0.2) is 0 Å². The minimum atomic E-state index is 0.962. The van der Waals surface area contributed by atoms with Crippen LogP contribution in [-0.2, 0) is 0 Å². The van der Waals surface area contributed by atoms with Gasteiger partial charge in [0.15, 0.2) is 0 Å². The van der Waals surface area contributed by atoms with E-state index in [1.807, 2.05) is 0 Å². The molecule has 1 rings (SSSR count). The first-order valence-corrected chi connectivity index (χ1v) is 7.74. The fourth-order valence-electron chi connectivity index (χ4n) is 3.36. The molecular formula is C16H32. The van der Waals surface area contributed by atoms with Crippen LogP contribution in [-0.4, -0.2) is 0 Å². The zero-order valence-electron chi connectivity index (χ0n) is 11.8. The quantitative estimate of drug-likeness (QED) is 0.512. The molecule has 0 radical (unpaired) electrons. The average molecular weight is 224 g/mol. The Morgan fingerprint density at radius 3 is 2.25 bits per heavy atom. The van der Waals surface area contributed by atoms with E-state index < -0.39 is 0 Å². The third-order valence-electron chi connectivity index (χ3n) is 4.59. The molecule has 0 saturated heterocycles. The average Bonchev–Trinajstić information content (AvgIpc) is 2.30. The molecule has 0 spiro atoms. The van der Waals surface area contributed by atoms with Gasteiger partial charge in [-0.3, -0.25) is 0 Å². The van der Waals surface area contributed by atoms with Crippen molar-refractivity contribution in [3.05, 3.63) is 0 Å². The fourth-order valence-corrected chi connectivity index (χ4v) is 3.36. The van der Waals surface area contributed by atoms with E-state index in [0.29, 0.717) is 0 Å². The van der Waals surface area contributed by atoms with Gasteiger partial charge in [-0.05, 0) is 17.8 Å². The molecule has 0 heterocycles. The van der Waals surface area contributed by atoms with Gasteiger partial charge < -0.3 is 0 Å². The monoisotopic (exact) mass is 224 g/mol. The van der Waals surface area contributed by atoms with Crippen LogP contribution in [0.5, 0.6) is 0 Å². The Morgan fingerprint density at radius 1 is 0.938 bits per heavy atom. The zero-order chi connectivity index (χ0) is 11.8. The summed E-state index contributed by atoms with van der Waals surface area (Å²) in [7, 11) is 0. The normalized spacial score (nSPS) is 21.9. The molecule has 0 heteroatoms. The van der Waals surface area contributed by atoms with Crippen molar-refractivity contribution in [2.24, 2.45) is 17.8 Å². The smallest absolute Gasteiger partial charge is 0.0388 e. The standard InChI is InChI=1S/C16H32/c1-4-9-14(2)10-8-11-15(3)16-12-6-5-7-13-16/h14-16H,4-13H2,1-3H3. The molecule has 0 N–H and O–H groups in total. The van der Waals surface area contributed by atoms with E-state index in [1.54, 1.807) is 0 Å². The highest BCUT2D eigenvalue weighted by molar-refractivity contribution is 4.71. The molecule has 0 amide bonds. The van der Waals surface area contributed by atoms with Crippen molar-refractivity contribution in [3.63, 3.8) is 0 Å². The van der Waals surface area contributed by atoms with E-state index in [1.165, 1.54) is 64.2 Å². The molecule has 0 bridgehead atoms. The maximum absolute atomic E-state index is 2.50. The number of hydrogen-bond acceptors (Lipinski definition) is 0. The molecule has 0 aromatic carbocycles. The Hall–Kier alpha value is 0. The lowest BCUT2D eigenvalue weighted by atomic mass is 9.78. The van der Waals surface area contributed by atoms with E-state index in [4.69, 9.17) is 0 Å². The van der Waals surface area contributed by atoms with Crippen LogP contribution < -0.4 is 0 Å². The Morgan fingerprint density at radius 2 is 1.62 bits per heavy atom. The molecule has 1 fully saturated rings. The third kappa shape index (κ3) is 5.37. The summed E-state index contributed by atoms with van der Waals surface area (Å²) in [6.07, 6.45) is 14.7. The molecule has 0 aliphatic heterocycles. The van der Waals surface area contributed by atoms with Crippen LogP contribution in [0.4, 0.5) is 0 Å². The maximum atomic E-state index is 2.50. The van der Waals surface area contributed by atoms with Gasteiger partial charge in [-0.1, -0.05) is 85.0 Å². The SMILES string of the molecule is CCCC(C)CCCC(C)C1CCCCC1. The van der Waals surface area contributed by atoms with Gasteiger partial charge in [-0.2, -0.15) is 0 Å². The van der Waals surface area contributed by atoms with E-state index >= 15 is 0 Å². The second-order valence-electron chi connectivity index (χ2n) is 6.20. The van der Waals surface area contributed by atoms with Crippen LogP contribution >= 0.6 is 0 Å². The highest BCUT2D eigenvalue weighted by atomic mass is 14.2. The van der Waals surface area contributed by atoms with Crippen molar-refractivity contribution in [2.75, 3.05) is 0 Å². The van der Waals surface area contributed by atoms with Crippen LogP contribution in [0.25, 0.3) is 0 Å². The second kappa shape index (κ2) is 8.14. The predicted octanol–water partition coefficient (Wildman–Crippen LogP) is 5.81. The number of hydrogen-bond donors (Lipinski definition) is 0. The van der Waals surface area contributed by atoms with E-state index in [-0.39, 0.29) is 0 Å². The second-order valence-corrected chi connectivity index (χ2v) is 6.20. The predicted molar refractivity (Wildman–Crippen MR) is 73.7 cm³/mol. The maximum Gasteiger partial charge on any atom is -0.0388 e. The molecule has 0 aromatic rings. The summed E-state index contributed by atoms with van der Waals surface area (Å²) < 4.78 is 0. The van der Waals surface area contributed by atoms with Gasteiger partial charge in [0.05, 0.1) is 0 Å². The first-order valence-electron chi connectivity index (χ1n) is 7.74. The van der Waals surface area contributed by atoms with Gasteiger partial charge in [0, 0.05) is 0 Å². The summed E-state index contributed by atoms with van der Waals surface area (Å²) in [5.74, 6) is 3.02. The van der Waals surface area contributed by atoms with Crippen LogP contribution in [0.2, 0.25) is 0 Å². The molecule has 0 nitrogen and oxygen atoms in total. The Kier molecular flexibility index (Phi) is 7.16. The molecule has 16 heavy (non-hydrogen) atoms. The summed E-state index contributed by atoms with van der Waals surface area (Å²) in [5, 5.41) is 0. The van der Waals surface area contributed by atoms with E-state index in [2.05, 4.69) is 20.8 Å². The lowest BCUT2D eigenvalue weighted by Gasteiger charge is -2.27. The largest absolute Gasteiger partial charge is 0.0654 e. The van der Waals surface area contributed by atoms with Crippen molar-refractivity contribution in [1.29, 1.82) is 0 Å². The fraction of sp³-hybridized carbons (Fsp3) is 1.00. The Bertz CT molecular complexity index is 155. The summed E-state index contributed by atoms with van der Waals surface area (Å²) in [6.45, 7) is 7.23. The molecule has 2 unspecified atom stereocenters. The van der Waals surface area contributed by atoms with Gasteiger partial charge in [0.25, 0.3) is 0 Å². The van der Waals surface area contributed by atoms with Crippen molar-refractivity contribution in [2.45, 2.75) is 85.0 Å². The summed E-state index contributed by atoms with van der Waals surface area (Å²) in [6, 6.07) is 0. The highest BCUT2D eigenvalue weighted by Crippen LogP contribution is 2.32. The number of rotatable bonds is 7. The Balaban J connectivity index is 2.07. The van der Waals surface area contributed by atoms with Gasteiger partial charge in [0.2, 0.25) is 0 Å². The molecule has 96 valence electrons. The van der Waals surface area contributed by atoms with Crippen LogP contribution in [0.1, 0.15) is 85.0 Å². The summed E-state index contributed by atoms with van der Waals surface area (Å²) in [4.78, 5) is 0. The zero-order valence-corrected chi connectivity index (χ0v) is 11.8. The molecule has 2 atom stereocenters. The Labute approximate surface area is 103 Å². The van der Waals surface area contributed by atoms with Crippen molar-refractivity contribution < 1.29 is 0 Å². The topological polar surface area (TPSA) is 0 Å². The van der Waals surface area contributed by atoms with Gasteiger partial charge >= 0.3 is 0 Å². The van der Waals surface area contributed by atoms with Crippen LogP contribution in [0, 0.1) is 17.8 Å². The molecule has 0 aromatic heterocycles. The summed E-state index contributed by atoms with van der Waals surface area (Å²) >= 11 is 0. The molecule has 1 saturated carbocycles. The minimum absolute atomic E-state index is 0.962. The summed E-state index contributed by atoms with van der Waals surface area (Å²) in [5.41, 5.74) is 0. The minimum Gasteiger partial charge on any atom is -0.0654 e. The lowest BCUT2D eigenvalue weighted by molar-refractivity contribution is 0.244. The van der Waals surface area contributed by atoms with Crippen LogP contribution in [0.3, 0.4) is 0 Å². The first-order chi connectivity index (χ1) is 7.74. The highest BCUT2D eigenvalue weighted by Gasteiger charge is 2.19. The van der Waals surface area contributed by atoms with Gasteiger partial charge in [-0.25, -0.2) is 0 Å². The van der Waals surface area contributed by atoms with Gasteiger partial charge in [0.1, 0.15) is 0 Å². The van der Waals surface area contributed by atoms with Crippen molar-refractivity contribution in [1.82, 2.24) is 0 Å². The molecule has 1 aliphatic rings. The van der Waals surface area contributed by atoms with Crippen molar-refractivity contribution >= 4 is 0 Å². The lowest BCUT2D eigenvalue weighted by Crippen LogP contribution is -2.15. The first kappa shape index (κ1) is 14.1. The van der Waals surface area contributed by atoms with E-state index in [9.17, 15) is 0 Å². The van der Waals surface area contributed by atoms with Gasteiger partial charge in [-0.15, -0.1) is 0 Å². The molecular weight excluding hydrogens is 192 g/mol. The third-order valence-corrected chi connectivity index (χ3v) is 4.59. The van der Waals surface area contributed by atoms with E-state index in [0.717, 1.165) is 17.8 Å². The van der Waals surface area contributed by atoms with Crippen molar-refractivity contribution in [3.8, 4) is 0 Å².